The summed E-state index contributed by atoms with van der Waals surface area (Å²) in [6.45, 7) is 5.88. The predicted octanol–water partition coefficient (Wildman–Crippen LogP) is 2.50. The minimum atomic E-state index is 0.0138. The summed E-state index contributed by atoms with van der Waals surface area (Å²) < 4.78 is 5.84. The van der Waals surface area contributed by atoms with Crippen molar-refractivity contribution in [2.75, 3.05) is 6.54 Å². The van der Waals surface area contributed by atoms with Crippen LogP contribution in [0.25, 0.3) is 0 Å². The van der Waals surface area contributed by atoms with Gasteiger partial charge < -0.3 is 5.32 Å². The first-order valence-electron chi connectivity index (χ1n) is 5.99. The lowest BCUT2D eigenvalue weighted by Gasteiger charge is -2.18. The van der Waals surface area contributed by atoms with E-state index in [0.29, 0.717) is 5.02 Å². The molecule has 1 unspecified atom stereocenters. The zero-order valence-corrected chi connectivity index (χ0v) is 12.0. The molecule has 18 heavy (non-hydrogen) atoms. The lowest BCUT2D eigenvalue weighted by atomic mass is 10.1. The Kier molecular flexibility index (Phi) is 4.68. The van der Waals surface area contributed by atoms with Crippen LogP contribution in [-0.2, 0) is 6.54 Å². The van der Waals surface area contributed by atoms with E-state index in [1.807, 2.05) is 4.68 Å². The normalized spacial score (nSPS) is 12.8. The van der Waals surface area contributed by atoms with E-state index in [1.165, 1.54) is 11.5 Å². The molecule has 1 atom stereocenters. The molecule has 2 heterocycles. The summed E-state index contributed by atoms with van der Waals surface area (Å²) in [5.74, 6) is 0. The Bertz CT molecular complexity index is 482. The van der Waals surface area contributed by atoms with Crippen molar-refractivity contribution >= 4 is 23.1 Å². The highest BCUT2D eigenvalue weighted by atomic mass is 35.5. The Balaban J connectivity index is 2.36. The van der Waals surface area contributed by atoms with Crippen molar-refractivity contribution in [1.29, 1.82) is 0 Å². The fraction of sp³-hybridized carbons (Fsp3) is 0.545. The summed E-state index contributed by atoms with van der Waals surface area (Å²) in [6, 6.07) is 0.0138. The largest absolute Gasteiger partial charge is 0.304 e. The van der Waals surface area contributed by atoms with Gasteiger partial charge in [-0.15, -0.1) is 5.10 Å². The van der Waals surface area contributed by atoms with E-state index < -0.39 is 0 Å². The fourth-order valence-corrected chi connectivity index (χ4v) is 2.67. The van der Waals surface area contributed by atoms with E-state index >= 15 is 0 Å². The van der Waals surface area contributed by atoms with Crippen LogP contribution in [0.1, 0.15) is 36.9 Å². The first-order chi connectivity index (χ1) is 8.77. The molecule has 0 amide bonds. The molecule has 0 fully saturated rings. The smallest absolute Gasteiger partial charge is 0.0889 e. The Hall–Kier alpha value is -0.980. The van der Waals surface area contributed by atoms with Crippen LogP contribution in [0.15, 0.2) is 12.4 Å². The molecule has 0 bridgehead atoms. The first kappa shape index (κ1) is 13.5. The molecular formula is C11H16ClN5S. The molecule has 0 aromatic carbocycles. The summed E-state index contributed by atoms with van der Waals surface area (Å²) in [6.07, 6.45) is 4.53. The van der Waals surface area contributed by atoms with Crippen molar-refractivity contribution < 1.29 is 0 Å². The summed E-state index contributed by atoms with van der Waals surface area (Å²) in [5, 5.41) is 12.3. The van der Waals surface area contributed by atoms with Crippen molar-refractivity contribution in [3.8, 4) is 0 Å². The Morgan fingerprint density at radius 2 is 2.28 bits per heavy atom. The molecule has 7 heteroatoms. The SMILES string of the molecule is CCCNC(c1cnns1)c1c(Cl)cnn1CC. The van der Waals surface area contributed by atoms with Crippen LogP contribution >= 0.6 is 23.1 Å². The number of rotatable bonds is 6. The van der Waals surface area contributed by atoms with E-state index in [0.717, 1.165) is 30.1 Å². The van der Waals surface area contributed by atoms with Gasteiger partial charge in [-0.25, -0.2) is 0 Å². The van der Waals surface area contributed by atoms with Crippen LogP contribution in [0.4, 0.5) is 0 Å². The van der Waals surface area contributed by atoms with Crippen LogP contribution in [-0.4, -0.2) is 25.9 Å². The molecule has 5 nitrogen and oxygen atoms in total. The zero-order valence-electron chi connectivity index (χ0n) is 10.4. The molecule has 0 spiro atoms. The summed E-state index contributed by atoms with van der Waals surface area (Å²) in [5.41, 5.74) is 0.985. The highest BCUT2D eigenvalue weighted by Gasteiger charge is 2.22. The number of nitrogens with one attached hydrogen (secondary N) is 1. The molecule has 2 aromatic heterocycles. The fourth-order valence-electron chi connectivity index (χ4n) is 1.83. The second-order valence-corrected chi connectivity index (χ2v) is 5.13. The van der Waals surface area contributed by atoms with Crippen molar-refractivity contribution in [1.82, 2.24) is 24.7 Å². The topological polar surface area (TPSA) is 55.6 Å². The third-order valence-corrected chi connectivity index (χ3v) is 3.69. The average molecular weight is 286 g/mol. The van der Waals surface area contributed by atoms with Crippen molar-refractivity contribution in [2.24, 2.45) is 0 Å². The number of hydrogen-bond acceptors (Lipinski definition) is 5. The van der Waals surface area contributed by atoms with Crippen LogP contribution in [0.5, 0.6) is 0 Å². The molecule has 0 radical (unpaired) electrons. The van der Waals surface area contributed by atoms with Gasteiger partial charge in [0.1, 0.15) is 0 Å². The van der Waals surface area contributed by atoms with Crippen molar-refractivity contribution in [2.45, 2.75) is 32.9 Å². The number of nitrogens with zero attached hydrogens (tertiary/aromatic N) is 4. The van der Waals surface area contributed by atoms with Gasteiger partial charge in [0, 0.05) is 6.54 Å². The molecule has 0 saturated carbocycles. The molecule has 2 rings (SSSR count). The molecule has 0 aliphatic carbocycles. The number of hydrogen-bond donors (Lipinski definition) is 1. The molecule has 0 aliphatic heterocycles. The second kappa shape index (κ2) is 6.26. The monoisotopic (exact) mass is 285 g/mol. The van der Waals surface area contributed by atoms with Crippen LogP contribution in [0.3, 0.4) is 0 Å². The van der Waals surface area contributed by atoms with E-state index in [2.05, 4.69) is 33.8 Å². The van der Waals surface area contributed by atoms with E-state index in [-0.39, 0.29) is 6.04 Å². The molecular weight excluding hydrogens is 270 g/mol. The average Bonchev–Trinajstić information content (AvgIpc) is 3.01. The Morgan fingerprint density at radius 3 is 2.89 bits per heavy atom. The summed E-state index contributed by atoms with van der Waals surface area (Å²) >= 11 is 7.64. The van der Waals surface area contributed by atoms with Gasteiger partial charge in [-0.2, -0.15) is 5.10 Å². The van der Waals surface area contributed by atoms with Gasteiger partial charge in [-0.3, -0.25) is 4.68 Å². The quantitative estimate of drug-likeness (QED) is 0.886. The molecule has 2 aromatic rings. The molecule has 98 valence electrons. The van der Waals surface area contributed by atoms with Gasteiger partial charge in [0.05, 0.1) is 34.0 Å². The van der Waals surface area contributed by atoms with Gasteiger partial charge in [0.2, 0.25) is 0 Å². The maximum atomic E-state index is 6.25. The van der Waals surface area contributed by atoms with Gasteiger partial charge in [-0.1, -0.05) is 23.0 Å². The van der Waals surface area contributed by atoms with Gasteiger partial charge in [0.25, 0.3) is 0 Å². The van der Waals surface area contributed by atoms with E-state index in [9.17, 15) is 0 Å². The lowest BCUT2D eigenvalue weighted by Crippen LogP contribution is -2.25. The number of halogens is 1. The minimum Gasteiger partial charge on any atom is -0.304 e. The standard InChI is InChI=1S/C11H16ClN5S/c1-3-5-13-10(9-7-14-16-18-9)11-8(12)6-15-17(11)4-2/h6-7,10,13H,3-5H2,1-2H3. The third-order valence-electron chi connectivity index (χ3n) is 2.67. The highest BCUT2D eigenvalue weighted by molar-refractivity contribution is 7.05. The van der Waals surface area contributed by atoms with Gasteiger partial charge in [0.15, 0.2) is 0 Å². The highest BCUT2D eigenvalue weighted by Crippen LogP contribution is 2.29. The Labute approximate surface area is 115 Å². The number of aromatic nitrogens is 4. The molecule has 1 N–H and O–H groups in total. The maximum Gasteiger partial charge on any atom is 0.0889 e. The maximum absolute atomic E-state index is 6.25. The van der Waals surface area contributed by atoms with E-state index in [4.69, 9.17) is 11.6 Å². The van der Waals surface area contributed by atoms with Crippen molar-refractivity contribution in [3.63, 3.8) is 0 Å². The minimum absolute atomic E-state index is 0.0138. The van der Waals surface area contributed by atoms with Gasteiger partial charge in [-0.05, 0) is 31.4 Å². The molecule has 0 aliphatic rings. The van der Waals surface area contributed by atoms with Crippen LogP contribution in [0.2, 0.25) is 5.02 Å². The zero-order chi connectivity index (χ0) is 13.0. The predicted molar refractivity (Wildman–Crippen MR) is 73.0 cm³/mol. The summed E-state index contributed by atoms with van der Waals surface area (Å²) in [4.78, 5) is 1.06. The number of aryl methyl sites for hydroxylation is 1. The second-order valence-electron chi connectivity index (χ2n) is 3.90. The van der Waals surface area contributed by atoms with Crippen LogP contribution < -0.4 is 5.32 Å². The summed E-state index contributed by atoms with van der Waals surface area (Å²) in [7, 11) is 0. The molecule has 0 saturated heterocycles. The first-order valence-corrected chi connectivity index (χ1v) is 7.14. The lowest BCUT2D eigenvalue weighted by molar-refractivity contribution is 0.534. The van der Waals surface area contributed by atoms with Crippen LogP contribution in [0, 0.1) is 0 Å². The third kappa shape index (κ3) is 2.71. The Morgan fingerprint density at radius 1 is 1.44 bits per heavy atom. The van der Waals surface area contributed by atoms with Gasteiger partial charge >= 0.3 is 0 Å². The van der Waals surface area contributed by atoms with Crippen molar-refractivity contribution in [3.05, 3.63) is 28.0 Å². The van der Waals surface area contributed by atoms with E-state index in [1.54, 1.807) is 12.4 Å².